The Bertz CT molecular complexity index is 998. The number of hydrogen-bond donors (Lipinski definition) is 3. The molecule has 1 amide bonds. The van der Waals surface area contributed by atoms with Gasteiger partial charge in [-0.3, -0.25) is 4.79 Å². The number of hydrogen-bond acceptors (Lipinski definition) is 5. The van der Waals surface area contributed by atoms with Gasteiger partial charge in [0.2, 0.25) is 6.43 Å². The fourth-order valence-corrected chi connectivity index (χ4v) is 3.98. The van der Waals surface area contributed by atoms with Crippen LogP contribution < -0.4 is 14.3 Å². The van der Waals surface area contributed by atoms with E-state index in [9.17, 15) is 31.5 Å². The first-order valence-electron chi connectivity index (χ1n) is 7.99. The quantitative estimate of drug-likeness (QED) is 0.643. The summed E-state index contributed by atoms with van der Waals surface area (Å²) in [6, 6.07) is 5.57. The number of amides is 1. The molecule has 11 heteroatoms. The molecule has 2 aromatic carbocycles. The number of aromatic hydroxyl groups is 1. The maximum Gasteiger partial charge on any atom is 0.326 e. The summed E-state index contributed by atoms with van der Waals surface area (Å²) >= 11 is 0. The maximum absolute atomic E-state index is 14.9. The summed E-state index contributed by atoms with van der Waals surface area (Å²) in [5, 5.41) is 13.4. The topological polar surface area (TPSA) is 98.7 Å². The highest BCUT2D eigenvalue weighted by Crippen LogP contribution is 2.38. The zero-order valence-corrected chi connectivity index (χ0v) is 14.7. The fourth-order valence-electron chi connectivity index (χ4n) is 2.82. The number of alkyl halides is 2. The molecule has 1 fully saturated rings. The molecule has 146 valence electrons. The molecule has 0 atom stereocenters. The predicted molar refractivity (Wildman–Crippen MR) is 93.7 cm³/mol. The minimum Gasteiger partial charge on any atom is -0.506 e. The van der Waals surface area contributed by atoms with E-state index in [0.29, 0.717) is 16.5 Å². The van der Waals surface area contributed by atoms with E-state index >= 15 is 0 Å². The van der Waals surface area contributed by atoms with E-state index in [1.54, 1.807) is 4.72 Å². The van der Waals surface area contributed by atoms with Crippen LogP contribution in [0.4, 0.5) is 24.5 Å². The van der Waals surface area contributed by atoms with E-state index in [4.69, 9.17) is 0 Å². The molecule has 27 heavy (non-hydrogen) atoms. The molecule has 1 aliphatic heterocycles. The highest BCUT2D eigenvalue weighted by Gasteiger charge is 2.37. The van der Waals surface area contributed by atoms with E-state index < -0.39 is 46.3 Å². The molecule has 2 aromatic rings. The molecule has 7 nitrogen and oxygen atoms in total. The fraction of sp³-hybridized carbons (Fsp3) is 0.312. The lowest BCUT2D eigenvalue weighted by molar-refractivity contribution is -0.117. The van der Waals surface area contributed by atoms with Crippen LogP contribution in [0.2, 0.25) is 0 Å². The van der Waals surface area contributed by atoms with Crippen LogP contribution in [0.25, 0.3) is 10.8 Å². The van der Waals surface area contributed by atoms with Crippen LogP contribution in [-0.2, 0) is 15.0 Å². The van der Waals surface area contributed by atoms with E-state index in [1.807, 2.05) is 0 Å². The van der Waals surface area contributed by atoms with Crippen LogP contribution in [-0.4, -0.2) is 38.9 Å². The number of fused-ring (bicyclic) bond motifs is 1. The van der Waals surface area contributed by atoms with Gasteiger partial charge in [0.1, 0.15) is 18.0 Å². The third kappa shape index (κ3) is 3.87. The summed E-state index contributed by atoms with van der Waals surface area (Å²) in [7, 11) is -4.27. The molecule has 0 aromatic heterocycles. The van der Waals surface area contributed by atoms with Crippen LogP contribution in [0.1, 0.15) is 12.8 Å². The van der Waals surface area contributed by atoms with Gasteiger partial charge in [-0.25, -0.2) is 22.2 Å². The molecule has 0 saturated carbocycles. The first kappa shape index (κ1) is 19.1. The monoisotopic (exact) mass is 403 g/mol. The Morgan fingerprint density at radius 3 is 2.67 bits per heavy atom. The van der Waals surface area contributed by atoms with Crippen molar-refractivity contribution in [2.45, 2.75) is 19.3 Å². The van der Waals surface area contributed by atoms with Crippen LogP contribution in [0.15, 0.2) is 24.3 Å². The van der Waals surface area contributed by atoms with Gasteiger partial charge in [0, 0.05) is 24.0 Å². The van der Waals surface area contributed by atoms with Gasteiger partial charge in [0.25, 0.3) is 5.91 Å². The third-order valence-electron chi connectivity index (χ3n) is 4.03. The average molecular weight is 403 g/mol. The Kier molecular flexibility index (Phi) is 5.05. The third-order valence-corrected chi connectivity index (χ3v) is 5.41. The lowest BCUT2D eigenvalue weighted by Crippen LogP contribution is -2.30. The van der Waals surface area contributed by atoms with Gasteiger partial charge >= 0.3 is 10.2 Å². The van der Waals surface area contributed by atoms with E-state index in [0.717, 1.165) is 0 Å². The average Bonchev–Trinajstić information content (AvgIpc) is 2.83. The summed E-state index contributed by atoms with van der Waals surface area (Å²) in [5.41, 5.74) is -0.0764. The summed E-state index contributed by atoms with van der Waals surface area (Å²) in [4.78, 5) is 11.3. The van der Waals surface area contributed by atoms with Crippen molar-refractivity contribution >= 4 is 38.3 Å². The molecule has 0 unspecified atom stereocenters. The Morgan fingerprint density at radius 2 is 2.04 bits per heavy atom. The molecule has 1 heterocycles. The van der Waals surface area contributed by atoms with Crippen molar-refractivity contribution in [3.05, 3.63) is 30.1 Å². The van der Waals surface area contributed by atoms with Gasteiger partial charge in [-0.2, -0.15) is 8.42 Å². The van der Waals surface area contributed by atoms with Crippen molar-refractivity contribution in [3.8, 4) is 5.75 Å². The molecular weight excluding hydrogens is 387 g/mol. The predicted octanol–water partition coefficient (Wildman–Crippen LogP) is 2.32. The minimum atomic E-state index is -4.27. The summed E-state index contributed by atoms with van der Waals surface area (Å²) in [6.45, 7) is -0.343. The summed E-state index contributed by atoms with van der Waals surface area (Å²) in [5.74, 6) is -2.47. The Labute approximate surface area is 153 Å². The second-order valence-corrected chi connectivity index (χ2v) is 7.59. The van der Waals surface area contributed by atoms with Crippen molar-refractivity contribution in [3.63, 3.8) is 0 Å². The van der Waals surface area contributed by atoms with Gasteiger partial charge in [-0.1, -0.05) is 0 Å². The number of anilines is 2. The van der Waals surface area contributed by atoms with Gasteiger partial charge in [0.05, 0.1) is 0 Å². The number of rotatable bonds is 6. The highest BCUT2D eigenvalue weighted by atomic mass is 32.2. The number of halogens is 3. The number of phenols is 1. The van der Waals surface area contributed by atoms with Gasteiger partial charge in [-0.05, 0) is 36.1 Å². The van der Waals surface area contributed by atoms with Crippen molar-refractivity contribution in [2.75, 3.05) is 22.7 Å². The molecule has 0 spiro atoms. The lowest BCUT2D eigenvalue weighted by atomic mass is 10.1. The number of nitrogens with zero attached hydrogens (tertiary/aromatic N) is 1. The first-order chi connectivity index (χ1) is 12.7. The molecule has 3 rings (SSSR count). The summed E-state index contributed by atoms with van der Waals surface area (Å²) < 4.78 is 65.1. The van der Waals surface area contributed by atoms with Gasteiger partial charge < -0.3 is 10.4 Å². The second kappa shape index (κ2) is 7.14. The Balaban J connectivity index is 1.92. The number of benzene rings is 2. The van der Waals surface area contributed by atoms with Crippen molar-refractivity contribution in [1.29, 1.82) is 0 Å². The Hall–Kier alpha value is -2.69. The van der Waals surface area contributed by atoms with Crippen LogP contribution >= 0.6 is 0 Å². The maximum atomic E-state index is 14.9. The van der Waals surface area contributed by atoms with Crippen LogP contribution in [0.3, 0.4) is 0 Å². The number of carbonyl (C=O) groups excluding carboxylic acids is 1. The SMILES string of the molecule is O=C1CN(c2c(O)cc3cc(NCCCC(F)F)ccc3c2F)S(=O)(=O)N1. The number of carbonyl (C=O) groups is 1. The molecular formula is C16H16F3N3O4S. The van der Waals surface area contributed by atoms with Crippen molar-refractivity contribution < 1.29 is 31.5 Å². The van der Waals surface area contributed by atoms with E-state index in [-0.39, 0.29) is 23.6 Å². The molecule has 3 N–H and O–H groups in total. The number of nitrogens with one attached hydrogen (secondary N) is 2. The van der Waals surface area contributed by atoms with Crippen molar-refractivity contribution in [1.82, 2.24) is 4.72 Å². The zero-order valence-electron chi connectivity index (χ0n) is 13.9. The van der Waals surface area contributed by atoms with Crippen molar-refractivity contribution in [2.24, 2.45) is 0 Å². The molecule has 0 radical (unpaired) electrons. The molecule has 1 aliphatic rings. The smallest absolute Gasteiger partial charge is 0.326 e. The van der Waals surface area contributed by atoms with E-state index in [1.165, 1.54) is 24.3 Å². The molecule has 1 saturated heterocycles. The molecule has 0 aliphatic carbocycles. The van der Waals surface area contributed by atoms with E-state index in [2.05, 4.69) is 5.32 Å². The second-order valence-electron chi connectivity index (χ2n) is 5.99. The summed E-state index contributed by atoms with van der Waals surface area (Å²) in [6.07, 6.45) is -2.37. The minimum absolute atomic E-state index is 0.0375. The van der Waals surface area contributed by atoms with Crippen LogP contribution in [0, 0.1) is 5.82 Å². The number of phenolic OH excluding ortho intramolecular Hbond substituents is 1. The highest BCUT2D eigenvalue weighted by molar-refractivity contribution is 7.92. The molecule has 0 bridgehead atoms. The standard InChI is InChI=1S/C16H16F3N3O4S/c17-13(18)2-1-5-20-10-3-4-11-9(6-10)7-12(23)16(15(11)19)22-8-14(24)21-27(22,25)26/h3-4,6-7,13,20,23H,1-2,5,8H2,(H,21,24). The first-order valence-corrected chi connectivity index (χ1v) is 9.43. The lowest BCUT2D eigenvalue weighted by Gasteiger charge is -2.18. The largest absolute Gasteiger partial charge is 0.506 e. The van der Waals surface area contributed by atoms with Gasteiger partial charge in [-0.15, -0.1) is 0 Å². The van der Waals surface area contributed by atoms with Crippen LogP contribution in [0.5, 0.6) is 5.75 Å². The zero-order chi connectivity index (χ0) is 19.8. The Morgan fingerprint density at radius 1 is 1.30 bits per heavy atom. The normalized spacial score (nSPS) is 16.1. The van der Waals surface area contributed by atoms with Gasteiger partial charge in [0.15, 0.2) is 5.82 Å².